The van der Waals surface area contributed by atoms with Gasteiger partial charge in [-0.1, -0.05) is 18.2 Å². The summed E-state index contributed by atoms with van der Waals surface area (Å²) in [5.41, 5.74) is 1.20. The smallest absolute Gasteiger partial charge is 0.257 e. The highest BCUT2D eigenvalue weighted by molar-refractivity contribution is 5.98. The molecular weight excluding hydrogens is 399 g/mol. The van der Waals surface area contributed by atoms with Gasteiger partial charge in [0.1, 0.15) is 5.82 Å². The molecule has 2 saturated heterocycles. The number of carbonyl (C=O) groups excluding carboxylic acids is 2. The van der Waals surface area contributed by atoms with Gasteiger partial charge in [0.05, 0.1) is 25.8 Å². The molecule has 6 nitrogen and oxygen atoms in total. The quantitative estimate of drug-likeness (QED) is 0.734. The number of hydrogen-bond donors (Lipinski definition) is 0. The summed E-state index contributed by atoms with van der Waals surface area (Å²) in [6, 6.07) is 11.5. The van der Waals surface area contributed by atoms with Gasteiger partial charge in [-0.15, -0.1) is 0 Å². The van der Waals surface area contributed by atoms with Gasteiger partial charge in [0.15, 0.2) is 11.5 Å². The maximum absolute atomic E-state index is 13.7. The number of benzene rings is 2. The molecule has 0 aromatic heterocycles. The highest BCUT2D eigenvalue weighted by atomic mass is 19.1. The summed E-state index contributed by atoms with van der Waals surface area (Å²) in [5.74, 6) is 0.719. The lowest BCUT2D eigenvalue weighted by atomic mass is 9.98. The molecule has 0 aliphatic carbocycles. The Labute approximate surface area is 181 Å². The van der Waals surface area contributed by atoms with Crippen LogP contribution in [0.3, 0.4) is 0 Å². The average Bonchev–Trinajstić information content (AvgIpc) is 3.14. The lowest BCUT2D eigenvalue weighted by molar-refractivity contribution is -0.133. The zero-order chi connectivity index (χ0) is 22.0. The average molecular weight is 426 g/mol. The molecule has 0 unspecified atom stereocenters. The molecule has 2 aliphatic heterocycles. The first-order valence-electron chi connectivity index (χ1n) is 10.6. The predicted octanol–water partition coefficient (Wildman–Crippen LogP) is 3.50. The number of carbonyl (C=O) groups is 2. The fraction of sp³-hybridized carbons (Fsp3) is 0.417. The van der Waals surface area contributed by atoms with E-state index in [4.69, 9.17) is 9.47 Å². The van der Waals surface area contributed by atoms with Crippen molar-refractivity contribution in [2.24, 2.45) is 5.92 Å². The van der Waals surface area contributed by atoms with Gasteiger partial charge in [0, 0.05) is 26.1 Å². The molecule has 0 N–H and O–H groups in total. The maximum Gasteiger partial charge on any atom is 0.257 e. The number of fused-ring (bicyclic) bond motifs is 1. The van der Waals surface area contributed by atoms with Crippen LogP contribution in [0.1, 0.15) is 35.2 Å². The molecule has 31 heavy (non-hydrogen) atoms. The van der Waals surface area contributed by atoms with Gasteiger partial charge in [-0.05, 0) is 48.6 Å². The minimum absolute atomic E-state index is 0.0602. The van der Waals surface area contributed by atoms with Crippen molar-refractivity contribution in [3.05, 3.63) is 59.4 Å². The van der Waals surface area contributed by atoms with Crippen molar-refractivity contribution in [1.29, 1.82) is 0 Å². The monoisotopic (exact) mass is 426 g/mol. The van der Waals surface area contributed by atoms with E-state index in [2.05, 4.69) is 0 Å². The Morgan fingerprint density at radius 1 is 1.13 bits per heavy atom. The Morgan fingerprint density at radius 3 is 2.68 bits per heavy atom. The number of rotatable bonds is 5. The van der Waals surface area contributed by atoms with Gasteiger partial charge >= 0.3 is 0 Å². The van der Waals surface area contributed by atoms with Gasteiger partial charge in [0.25, 0.3) is 5.91 Å². The van der Waals surface area contributed by atoms with Crippen LogP contribution in [0.15, 0.2) is 42.5 Å². The van der Waals surface area contributed by atoms with E-state index >= 15 is 0 Å². The second kappa shape index (κ2) is 8.96. The van der Waals surface area contributed by atoms with Crippen molar-refractivity contribution in [3.8, 4) is 11.5 Å². The van der Waals surface area contributed by atoms with Gasteiger partial charge < -0.3 is 19.3 Å². The van der Waals surface area contributed by atoms with Crippen molar-refractivity contribution in [2.45, 2.75) is 31.8 Å². The Hall–Kier alpha value is -3.09. The van der Waals surface area contributed by atoms with E-state index < -0.39 is 0 Å². The van der Waals surface area contributed by atoms with Crippen LogP contribution in [-0.2, 0) is 11.3 Å². The molecule has 164 valence electrons. The first-order chi connectivity index (χ1) is 15.0. The summed E-state index contributed by atoms with van der Waals surface area (Å²) >= 11 is 0. The Morgan fingerprint density at radius 2 is 1.94 bits per heavy atom. The van der Waals surface area contributed by atoms with Crippen molar-refractivity contribution in [2.75, 3.05) is 27.3 Å². The normalized spacial score (nSPS) is 20.9. The van der Waals surface area contributed by atoms with E-state index in [1.165, 1.54) is 26.4 Å². The molecule has 2 atom stereocenters. The molecule has 2 fully saturated rings. The number of halogens is 1. The highest BCUT2D eigenvalue weighted by Gasteiger charge is 2.42. The Kier molecular flexibility index (Phi) is 6.11. The molecule has 2 heterocycles. The number of amides is 2. The summed E-state index contributed by atoms with van der Waals surface area (Å²) in [5, 5.41) is 0. The largest absolute Gasteiger partial charge is 0.493 e. The van der Waals surface area contributed by atoms with Crippen LogP contribution in [0.25, 0.3) is 0 Å². The number of methoxy groups -OCH3 is 2. The van der Waals surface area contributed by atoms with Gasteiger partial charge in [-0.25, -0.2) is 4.39 Å². The van der Waals surface area contributed by atoms with Crippen molar-refractivity contribution >= 4 is 11.8 Å². The molecule has 7 heteroatoms. The zero-order valence-corrected chi connectivity index (χ0v) is 17.8. The van der Waals surface area contributed by atoms with Crippen LogP contribution in [0.5, 0.6) is 11.5 Å². The molecular formula is C24H27FN2O4. The van der Waals surface area contributed by atoms with Crippen molar-refractivity contribution in [1.82, 2.24) is 9.80 Å². The van der Waals surface area contributed by atoms with Crippen molar-refractivity contribution in [3.63, 3.8) is 0 Å². The molecule has 2 aliphatic rings. The van der Waals surface area contributed by atoms with Crippen LogP contribution in [-0.4, -0.2) is 55.0 Å². The van der Waals surface area contributed by atoms with E-state index in [0.29, 0.717) is 43.1 Å². The summed E-state index contributed by atoms with van der Waals surface area (Å²) in [6.45, 7) is 1.38. The lowest BCUT2D eigenvalue weighted by Gasteiger charge is -2.30. The Bertz CT molecular complexity index is 980. The third kappa shape index (κ3) is 4.22. The molecule has 2 amide bonds. The fourth-order valence-electron chi connectivity index (χ4n) is 4.76. The molecule has 0 saturated carbocycles. The zero-order valence-electron chi connectivity index (χ0n) is 17.8. The van der Waals surface area contributed by atoms with Crippen LogP contribution in [0, 0.1) is 11.7 Å². The summed E-state index contributed by atoms with van der Waals surface area (Å²) in [7, 11) is 3.05. The van der Waals surface area contributed by atoms with Gasteiger partial charge in [0.2, 0.25) is 5.91 Å². The van der Waals surface area contributed by atoms with Crippen LogP contribution in [0.2, 0.25) is 0 Å². The third-order valence-corrected chi connectivity index (χ3v) is 6.26. The second-order valence-corrected chi connectivity index (χ2v) is 8.12. The Balaban J connectivity index is 1.58. The third-order valence-electron chi connectivity index (χ3n) is 6.26. The van der Waals surface area contributed by atoms with Crippen LogP contribution < -0.4 is 9.47 Å². The number of nitrogens with zero attached hydrogens (tertiary/aromatic N) is 2. The first kappa shape index (κ1) is 21.2. The van der Waals surface area contributed by atoms with E-state index in [9.17, 15) is 14.0 Å². The minimum Gasteiger partial charge on any atom is -0.493 e. The van der Waals surface area contributed by atoms with E-state index in [1.54, 1.807) is 29.2 Å². The molecule has 4 rings (SSSR count). The highest BCUT2D eigenvalue weighted by Crippen LogP contribution is 2.35. The van der Waals surface area contributed by atoms with Crippen molar-refractivity contribution < 1.29 is 23.5 Å². The summed E-state index contributed by atoms with van der Waals surface area (Å²) < 4.78 is 24.4. The second-order valence-electron chi connectivity index (χ2n) is 8.12. The summed E-state index contributed by atoms with van der Waals surface area (Å²) in [6.07, 6.45) is 2.17. The summed E-state index contributed by atoms with van der Waals surface area (Å²) in [4.78, 5) is 29.9. The number of likely N-dealkylation sites (tertiary alicyclic amines) is 2. The van der Waals surface area contributed by atoms with E-state index in [-0.39, 0.29) is 29.6 Å². The lowest BCUT2D eigenvalue weighted by Crippen LogP contribution is -2.43. The maximum atomic E-state index is 13.7. The number of para-hydroxylation sites is 1. The fourth-order valence-corrected chi connectivity index (χ4v) is 4.76. The molecule has 0 radical (unpaired) electrons. The molecule has 2 aromatic rings. The van der Waals surface area contributed by atoms with E-state index in [0.717, 1.165) is 18.4 Å². The van der Waals surface area contributed by atoms with Gasteiger partial charge in [-0.2, -0.15) is 0 Å². The molecule has 2 aromatic carbocycles. The van der Waals surface area contributed by atoms with E-state index in [1.807, 2.05) is 11.0 Å². The predicted molar refractivity (Wildman–Crippen MR) is 114 cm³/mol. The van der Waals surface area contributed by atoms with Crippen LogP contribution >= 0.6 is 0 Å². The first-order valence-corrected chi connectivity index (χ1v) is 10.6. The topological polar surface area (TPSA) is 59.1 Å². The van der Waals surface area contributed by atoms with Gasteiger partial charge in [-0.3, -0.25) is 9.59 Å². The number of hydrogen-bond acceptors (Lipinski definition) is 4. The molecule has 0 bridgehead atoms. The molecule has 0 spiro atoms. The number of ether oxygens (including phenoxy) is 2. The minimum atomic E-state index is -0.315. The van der Waals surface area contributed by atoms with Crippen LogP contribution in [0.4, 0.5) is 4.39 Å². The standard InChI is InChI=1S/C24H27FN2O4/c1-30-21-10-5-9-19(23(21)31-2)24(29)26-14-17-7-4-11-22(28)27(20(17)15-26)13-16-6-3-8-18(25)12-16/h3,5-6,8-10,12,17,20H,4,7,11,13-15H2,1-2H3/t17-,20+/m1/s1. The SMILES string of the molecule is COc1cccc(C(=O)N2C[C@H]3CCCC(=O)N(Cc4cccc(F)c4)[C@H]3C2)c1OC.